The molecular weight excluding hydrogens is 558 g/mol. The fraction of sp³-hybridized carbons (Fsp3) is 0.417. The number of rotatable bonds is 11. The number of amides is 2. The predicted molar refractivity (Wildman–Crippen MR) is 142 cm³/mol. The van der Waals surface area contributed by atoms with Crippen molar-refractivity contribution < 1.29 is 22.7 Å². The number of sulfonamides is 1. The van der Waals surface area contributed by atoms with Crippen LogP contribution in [0.4, 0.5) is 5.69 Å². The Kier molecular flexibility index (Phi) is 10.4. The maximum atomic E-state index is 13.5. The second-order valence-corrected chi connectivity index (χ2v) is 11.5. The molecule has 0 spiro atoms. The standard InChI is InChI=1S/C24H31BrClN3O5S/c1-6-16(2)27-24(31)17(3)28(14-18-7-9-19(25)10-8-18)23(30)15-29(35(5,32)33)20-11-12-22(34-4)21(26)13-20/h7-13,16-17H,6,14-15H2,1-5H3,(H,27,31)/t16-,17-/m0/s1. The average molecular weight is 589 g/mol. The van der Waals surface area contributed by atoms with Crippen molar-refractivity contribution in [2.75, 3.05) is 24.2 Å². The highest BCUT2D eigenvalue weighted by atomic mass is 79.9. The SMILES string of the molecule is CC[C@H](C)NC(=O)[C@H](C)N(Cc1ccc(Br)cc1)C(=O)CN(c1ccc(OC)c(Cl)c1)S(C)(=O)=O. The van der Waals surface area contributed by atoms with Gasteiger partial charge in [0.2, 0.25) is 21.8 Å². The summed E-state index contributed by atoms with van der Waals surface area (Å²) in [7, 11) is -2.40. The van der Waals surface area contributed by atoms with Gasteiger partial charge in [0, 0.05) is 17.1 Å². The largest absolute Gasteiger partial charge is 0.495 e. The normalized spacial score (nSPS) is 13.0. The number of halogens is 2. The summed E-state index contributed by atoms with van der Waals surface area (Å²) in [5.41, 5.74) is 1.01. The highest BCUT2D eigenvalue weighted by Gasteiger charge is 2.30. The van der Waals surface area contributed by atoms with Crippen molar-refractivity contribution in [3.63, 3.8) is 0 Å². The lowest BCUT2D eigenvalue weighted by Gasteiger charge is -2.32. The zero-order valence-electron chi connectivity index (χ0n) is 20.4. The number of ether oxygens (including phenoxy) is 1. The molecule has 0 saturated carbocycles. The molecule has 2 atom stereocenters. The molecule has 0 saturated heterocycles. The van der Waals surface area contributed by atoms with Crippen LogP contribution in [0.25, 0.3) is 0 Å². The first-order valence-electron chi connectivity index (χ1n) is 11.0. The smallest absolute Gasteiger partial charge is 0.244 e. The van der Waals surface area contributed by atoms with E-state index in [4.69, 9.17) is 16.3 Å². The Morgan fingerprint density at radius 3 is 2.29 bits per heavy atom. The van der Waals surface area contributed by atoms with E-state index in [-0.39, 0.29) is 29.2 Å². The molecule has 0 aliphatic rings. The fourth-order valence-corrected chi connectivity index (χ4v) is 4.62. The fourth-order valence-electron chi connectivity index (χ4n) is 3.26. The Hall–Kier alpha value is -2.30. The van der Waals surface area contributed by atoms with Gasteiger partial charge in [-0.2, -0.15) is 0 Å². The van der Waals surface area contributed by atoms with Crippen LogP contribution in [0.1, 0.15) is 32.8 Å². The number of carbonyl (C=O) groups excluding carboxylic acids is 2. The van der Waals surface area contributed by atoms with Crippen LogP contribution in [0, 0.1) is 0 Å². The van der Waals surface area contributed by atoms with Gasteiger partial charge in [0.15, 0.2) is 0 Å². The Morgan fingerprint density at radius 1 is 1.14 bits per heavy atom. The van der Waals surface area contributed by atoms with E-state index in [1.54, 1.807) is 6.92 Å². The van der Waals surface area contributed by atoms with Gasteiger partial charge in [0.1, 0.15) is 18.3 Å². The van der Waals surface area contributed by atoms with Crippen LogP contribution < -0.4 is 14.4 Å². The zero-order chi connectivity index (χ0) is 26.3. The van der Waals surface area contributed by atoms with Crippen molar-refractivity contribution in [3.05, 3.63) is 57.5 Å². The van der Waals surface area contributed by atoms with Crippen LogP contribution >= 0.6 is 27.5 Å². The molecule has 0 heterocycles. The molecule has 2 rings (SSSR count). The molecule has 2 amide bonds. The molecule has 8 nitrogen and oxygen atoms in total. The van der Waals surface area contributed by atoms with E-state index in [1.807, 2.05) is 38.1 Å². The summed E-state index contributed by atoms with van der Waals surface area (Å²) in [4.78, 5) is 27.8. The summed E-state index contributed by atoms with van der Waals surface area (Å²) in [5, 5.41) is 3.10. The summed E-state index contributed by atoms with van der Waals surface area (Å²) in [5.74, 6) is -0.470. The molecule has 2 aromatic rings. The number of benzene rings is 2. The van der Waals surface area contributed by atoms with Gasteiger partial charge >= 0.3 is 0 Å². The minimum Gasteiger partial charge on any atom is -0.495 e. The molecule has 0 unspecified atom stereocenters. The molecule has 192 valence electrons. The maximum Gasteiger partial charge on any atom is 0.244 e. The van der Waals surface area contributed by atoms with Gasteiger partial charge in [-0.05, 0) is 56.2 Å². The predicted octanol–water partition coefficient (Wildman–Crippen LogP) is 4.21. The molecule has 1 N–H and O–H groups in total. The Balaban J connectivity index is 2.40. The zero-order valence-corrected chi connectivity index (χ0v) is 23.6. The molecule has 35 heavy (non-hydrogen) atoms. The number of nitrogens with one attached hydrogen (secondary N) is 1. The first-order valence-corrected chi connectivity index (χ1v) is 14.0. The van der Waals surface area contributed by atoms with Gasteiger partial charge in [-0.15, -0.1) is 0 Å². The van der Waals surface area contributed by atoms with Crippen molar-refractivity contribution >= 4 is 55.1 Å². The highest BCUT2D eigenvalue weighted by Crippen LogP contribution is 2.30. The summed E-state index contributed by atoms with van der Waals surface area (Å²) < 4.78 is 32.3. The Bertz CT molecular complexity index is 1140. The first kappa shape index (κ1) is 28.9. The molecule has 11 heteroatoms. The second-order valence-electron chi connectivity index (χ2n) is 8.23. The molecule has 0 aliphatic heterocycles. The molecule has 0 radical (unpaired) electrons. The third-order valence-corrected chi connectivity index (χ3v) is 7.50. The van der Waals surface area contributed by atoms with E-state index >= 15 is 0 Å². The van der Waals surface area contributed by atoms with Gasteiger partial charge < -0.3 is 15.0 Å². The molecule has 2 aromatic carbocycles. The van der Waals surface area contributed by atoms with E-state index < -0.39 is 28.5 Å². The van der Waals surface area contributed by atoms with Gasteiger partial charge in [-0.25, -0.2) is 8.42 Å². The molecule has 0 aliphatic carbocycles. The van der Waals surface area contributed by atoms with Crippen LogP contribution in [-0.2, 0) is 26.2 Å². The number of hydrogen-bond acceptors (Lipinski definition) is 5. The quantitative estimate of drug-likeness (QED) is 0.424. The van der Waals surface area contributed by atoms with Crippen LogP contribution in [0.15, 0.2) is 46.9 Å². The molecule has 0 bridgehead atoms. The van der Waals surface area contributed by atoms with Crippen LogP contribution in [0.2, 0.25) is 5.02 Å². The summed E-state index contributed by atoms with van der Waals surface area (Å²) in [6.07, 6.45) is 1.75. The number of nitrogens with zero attached hydrogens (tertiary/aromatic N) is 2. The topological polar surface area (TPSA) is 96.0 Å². The van der Waals surface area contributed by atoms with Gasteiger partial charge in [-0.3, -0.25) is 13.9 Å². The Morgan fingerprint density at radius 2 is 1.77 bits per heavy atom. The minimum absolute atomic E-state index is 0.0662. The van der Waals surface area contributed by atoms with Gasteiger partial charge in [0.25, 0.3) is 0 Å². The van der Waals surface area contributed by atoms with Crippen molar-refractivity contribution in [1.29, 1.82) is 0 Å². The van der Waals surface area contributed by atoms with E-state index in [0.29, 0.717) is 5.75 Å². The highest BCUT2D eigenvalue weighted by molar-refractivity contribution is 9.10. The third-order valence-electron chi connectivity index (χ3n) is 5.54. The molecule has 0 aromatic heterocycles. The molecular formula is C24H31BrClN3O5S. The van der Waals surface area contributed by atoms with E-state index in [1.165, 1.54) is 30.2 Å². The minimum atomic E-state index is -3.85. The van der Waals surface area contributed by atoms with E-state index in [9.17, 15) is 18.0 Å². The van der Waals surface area contributed by atoms with Crippen molar-refractivity contribution in [2.24, 2.45) is 0 Å². The number of anilines is 1. The van der Waals surface area contributed by atoms with Crippen LogP contribution in [0.5, 0.6) is 5.75 Å². The summed E-state index contributed by atoms with van der Waals surface area (Å²) >= 11 is 9.58. The van der Waals surface area contributed by atoms with E-state index in [0.717, 1.165) is 27.0 Å². The lowest BCUT2D eigenvalue weighted by Crippen LogP contribution is -2.52. The number of carbonyl (C=O) groups is 2. The van der Waals surface area contributed by atoms with Crippen LogP contribution in [-0.4, -0.2) is 57.1 Å². The second kappa shape index (κ2) is 12.6. The number of methoxy groups -OCH3 is 1. The summed E-state index contributed by atoms with van der Waals surface area (Å²) in [6, 6.07) is 10.9. The van der Waals surface area contributed by atoms with Gasteiger partial charge in [0.05, 0.1) is 24.1 Å². The Labute approximate surface area is 220 Å². The summed E-state index contributed by atoms with van der Waals surface area (Å²) in [6.45, 7) is 5.08. The first-order chi connectivity index (χ1) is 16.4. The van der Waals surface area contributed by atoms with Gasteiger partial charge in [-0.1, -0.05) is 46.6 Å². The maximum absolute atomic E-state index is 13.5. The number of hydrogen-bond donors (Lipinski definition) is 1. The lowest BCUT2D eigenvalue weighted by molar-refractivity contribution is -0.139. The van der Waals surface area contributed by atoms with E-state index in [2.05, 4.69) is 21.2 Å². The monoisotopic (exact) mass is 587 g/mol. The average Bonchev–Trinajstić information content (AvgIpc) is 2.80. The third kappa shape index (κ3) is 8.12. The van der Waals surface area contributed by atoms with Crippen LogP contribution in [0.3, 0.4) is 0 Å². The van der Waals surface area contributed by atoms with Crippen molar-refractivity contribution in [1.82, 2.24) is 10.2 Å². The van der Waals surface area contributed by atoms with Crippen molar-refractivity contribution in [3.8, 4) is 5.75 Å². The molecule has 0 fully saturated rings. The van der Waals surface area contributed by atoms with Crippen molar-refractivity contribution in [2.45, 2.75) is 45.8 Å². The lowest BCUT2D eigenvalue weighted by atomic mass is 10.1.